The molecule has 1 saturated heterocycles. The van der Waals surface area contributed by atoms with Crippen LogP contribution in [-0.2, 0) is 14.3 Å². The van der Waals surface area contributed by atoms with E-state index >= 15 is 0 Å². The Morgan fingerprint density at radius 1 is 1.42 bits per heavy atom. The third-order valence-corrected chi connectivity index (χ3v) is 4.94. The fourth-order valence-corrected chi connectivity index (χ4v) is 3.69. The summed E-state index contributed by atoms with van der Waals surface area (Å²) in [4.78, 5) is 25.0. The molecule has 1 N–H and O–H groups in total. The van der Waals surface area contributed by atoms with Gasteiger partial charge in [0, 0.05) is 31.5 Å². The second kappa shape index (κ2) is 7.25. The Bertz CT molecular complexity index is 686. The van der Waals surface area contributed by atoms with Crippen LogP contribution in [0.15, 0.2) is 24.3 Å². The average Bonchev–Trinajstić information content (AvgIpc) is 2.94. The number of esters is 1. The highest BCUT2D eigenvalue weighted by molar-refractivity contribution is 7.99. The number of amides is 1. The van der Waals surface area contributed by atoms with E-state index in [2.05, 4.69) is 5.32 Å². The van der Waals surface area contributed by atoms with Crippen LogP contribution in [0.5, 0.6) is 0 Å². The molecule has 0 spiro atoms. The van der Waals surface area contributed by atoms with E-state index in [4.69, 9.17) is 4.74 Å². The number of carbonyl (C=O) groups excluding carboxylic acids is 2. The minimum absolute atomic E-state index is 0.192. The highest BCUT2D eigenvalue weighted by Crippen LogP contribution is 2.29. The van der Waals surface area contributed by atoms with Gasteiger partial charge in [0.15, 0.2) is 0 Å². The van der Waals surface area contributed by atoms with Crippen LogP contribution in [0, 0.1) is 5.82 Å². The lowest BCUT2D eigenvalue weighted by Crippen LogP contribution is -2.33. The van der Waals surface area contributed by atoms with Gasteiger partial charge in [-0.3, -0.25) is 4.79 Å². The number of cyclic esters (lactones) is 1. The van der Waals surface area contributed by atoms with Crippen molar-refractivity contribution in [3.05, 3.63) is 35.7 Å². The molecule has 128 valence electrons. The molecule has 5 nitrogen and oxygen atoms in total. The summed E-state index contributed by atoms with van der Waals surface area (Å²) in [6.07, 6.45) is 1.11. The van der Waals surface area contributed by atoms with Crippen molar-refractivity contribution in [3.63, 3.8) is 0 Å². The predicted octanol–water partition coefficient (Wildman–Crippen LogP) is 1.82. The number of benzene rings is 1. The minimum atomic E-state index is -0.516. The van der Waals surface area contributed by atoms with Gasteiger partial charge in [-0.1, -0.05) is 6.07 Å². The Labute approximate surface area is 144 Å². The van der Waals surface area contributed by atoms with Crippen molar-refractivity contribution in [3.8, 4) is 0 Å². The van der Waals surface area contributed by atoms with E-state index in [1.165, 1.54) is 13.0 Å². The summed E-state index contributed by atoms with van der Waals surface area (Å²) >= 11 is 1.87. The number of nitrogens with zero attached hydrogens (tertiary/aromatic N) is 1. The van der Waals surface area contributed by atoms with Crippen molar-refractivity contribution >= 4 is 34.9 Å². The Balaban J connectivity index is 1.76. The first-order valence-electron chi connectivity index (χ1n) is 7.84. The Morgan fingerprint density at radius 2 is 2.17 bits per heavy atom. The third kappa shape index (κ3) is 3.72. The normalized spacial score (nSPS) is 20.6. The molecule has 7 heteroatoms. The molecule has 0 bridgehead atoms. The maximum absolute atomic E-state index is 14.5. The largest absolute Gasteiger partial charge is 0.453 e. The molecule has 2 aliphatic heterocycles. The van der Waals surface area contributed by atoms with Crippen LogP contribution in [-0.4, -0.2) is 49.1 Å². The Hall–Kier alpha value is -2.02. The van der Waals surface area contributed by atoms with Gasteiger partial charge >= 0.3 is 5.97 Å². The van der Waals surface area contributed by atoms with Crippen LogP contribution in [0.4, 0.5) is 10.1 Å². The molecule has 0 unspecified atom stereocenters. The van der Waals surface area contributed by atoms with E-state index in [0.29, 0.717) is 16.8 Å². The summed E-state index contributed by atoms with van der Waals surface area (Å²) in [6.45, 7) is 3.26. The highest BCUT2D eigenvalue weighted by Gasteiger charge is 2.27. The summed E-state index contributed by atoms with van der Waals surface area (Å²) in [6, 6.07) is 4.84. The molecule has 2 heterocycles. The number of carbonyl (C=O) groups is 2. The molecule has 0 radical (unpaired) electrons. The monoisotopic (exact) mass is 350 g/mol. The maximum atomic E-state index is 14.5. The van der Waals surface area contributed by atoms with Gasteiger partial charge in [-0.25, -0.2) is 9.18 Å². The van der Waals surface area contributed by atoms with Gasteiger partial charge < -0.3 is 15.0 Å². The number of anilines is 1. The number of thioether (sulfide) groups is 1. The summed E-state index contributed by atoms with van der Waals surface area (Å²) in [5, 5.41) is 2.60. The molecule has 1 aromatic rings. The second-order valence-electron chi connectivity index (χ2n) is 5.73. The lowest BCUT2D eigenvalue weighted by molar-refractivity contribution is -0.138. The standard InChI is InChI=1S/C17H19FN2O3S/c1-11(21)19-10-13-9-14(17(22)23-13)12-2-3-16(15(18)8-12)20-4-6-24-7-5-20/h2-3,8-9,13H,4-7,10H2,1H3,(H,19,21)/t13-/m1/s1. The number of halogens is 1. The van der Waals surface area contributed by atoms with Crippen molar-refractivity contribution < 1.29 is 18.7 Å². The minimum Gasteiger partial charge on any atom is -0.453 e. The first-order valence-corrected chi connectivity index (χ1v) is 9.00. The van der Waals surface area contributed by atoms with Crippen LogP contribution < -0.4 is 10.2 Å². The summed E-state index contributed by atoms with van der Waals surface area (Å²) in [7, 11) is 0. The van der Waals surface area contributed by atoms with Gasteiger partial charge in [-0.2, -0.15) is 11.8 Å². The number of hydrogen-bond acceptors (Lipinski definition) is 5. The molecule has 1 amide bonds. The first-order chi connectivity index (χ1) is 11.5. The summed E-state index contributed by atoms with van der Waals surface area (Å²) in [5.41, 5.74) is 1.41. The number of nitrogens with one attached hydrogen (secondary N) is 1. The molecular formula is C17H19FN2O3S. The number of hydrogen-bond donors (Lipinski definition) is 1. The van der Waals surface area contributed by atoms with Crippen molar-refractivity contribution in [2.24, 2.45) is 0 Å². The van der Waals surface area contributed by atoms with E-state index in [1.807, 2.05) is 16.7 Å². The average molecular weight is 350 g/mol. The van der Waals surface area contributed by atoms with Crippen LogP contribution in [0.25, 0.3) is 5.57 Å². The van der Waals surface area contributed by atoms with Gasteiger partial charge in [-0.15, -0.1) is 0 Å². The molecular weight excluding hydrogens is 331 g/mol. The second-order valence-corrected chi connectivity index (χ2v) is 6.95. The third-order valence-electron chi connectivity index (χ3n) is 3.99. The van der Waals surface area contributed by atoms with Gasteiger partial charge in [0.2, 0.25) is 5.91 Å². The maximum Gasteiger partial charge on any atom is 0.339 e. The van der Waals surface area contributed by atoms with Crippen LogP contribution >= 0.6 is 11.8 Å². The smallest absolute Gasteiger partial charge is 0.339 e. The predicted molar refractivity (Wildman–Crippen MR) is 92.5 cm³/mol. The fraction of sp³-hybridized carbons (Fsp3) is 0.412. The fourth-order valence-electron chi connectivity index (χ4n) is 2.78. The lowest BCUT2D eigenvalue weighted by Gasteiger charge is -2.28. The molecule has 24 heavy (non-hydrogen) atoms. The van der Waals surface area contributed by atoms with E-state index < -0.39 is 12.1 Å². The van der Waals surface area contributed by atoms with Crippen molar-refractivity contribution in [2.75, 3.05) is 36.0 Å². The molecule has 0 aliphatic carbocycles. The van der Waals surface area contributed by atoms with Gasteiger partial charge in [0.05, 0.1) is 17.8 Å². The molecule has 0 saturated carbocycles. The Kier molecular flexibility index (Phi) is 5.08. The van der Waals surface area contributed by atoms with Crippen LogP contribution in [0.2, 0.25) is 0 Å². The zero-order valence-corrected chi connectivity index (χ0v) is 14.2. The van der Waals surface area contributed by atoms with Crippen LogP contribution in [0.3, 0.4) is 0 Å². The quantitative estimate of drug-likeness (QED) is 0.840. The first kappa shape index (κ1) is 16.8. The van der Waals surface area contributed by atoms with Crippen molar-refractivity contribution in [2.45, 2.75) is 13.0 Å². The summed E-state index contributed by atoms with van der Waals surface area (Å²) < 4.78 is 19.7. The summed E-state index contributed by atoms with van der Waals surface area (Å²) in [5.74, 6) is 0.959. The van der Waals surface area contributed by atoms with Gasteiger partial charge in [-0.05, 0) is 23.8 Å². The zero-order valence-electron chi connectivity index (χ0n) is 13.4. The van der Waals surface area contributed by atoms with E-state index in [0.717, 1.165) is 24.6 Å². The van der Waals surface area contributed by atoms with E-state index in [1.54, 1.807) is 18.2 Å². The van der Waals surface area contributed by atoms with Crippen molar-refractivity contribution in [1.29, 1.82) is 0 Å². The topological polar surface area (TPSA) is 58.6 Å². The number of rotatable bonds is 4. The van der Waals surface area contributed by atoms with E-state index in [9.17, 15) is 14.0 Å². The lowest BCUT2D eigenvalue weighted by atomic mass is 10.0. The molecule has 3 rings (SSSR count). The van der Waals surface area contributed by atoms with Crippen LogP contribution in [0.1, 0.15) is 12.5 Å². The van der Waals surface area contributed by atoms with Crippen molar-refractivity contribution in [1.82, 2.24) is 5.32 Å². The molecule has 1 atom stereocenters. The highest BCUT2D eigenvalue weighted by atomic mass is 32.2. The Morgan fingerprint density at radius 3 is 2.83 bits per heavy atom. The molecule has 1 fully saturated rings. The molecule has 0 aromatic heterocycles. The van der Waals surface area contributed by atoms with Gasteiger partial charge in [0.25, 0.3) is 0 Å². The number of ether oxygens (including phenoxy) is 1. The molecule has 1 aromatic carbocycles. The SMILES string of the molecule is CC(=O)NC[C@H]1C=C(c2ccc(N3CCSCC3)c(F)c2)C(=O)O1. The molecule has 2 aliphatic rings. The zero-order chi connectivity index (χ0) is 17.1. The van der Waals surface area contributed by atoms with Gasteiger partial charge in [0.1, 0.15) is 11.9 Å². The van der Waals surface area contributed by atoms with E-state index in [-0.39, 0.29) is 18.3 Å².